The van der Waals surface area contributed by atoms with E-state index in [4.69, 9.17) is 0 Å². The average molecular weight is 362 g/mol. The van der Waals surface area contributed by atoms with Gasteiger partial charge >= 0.3 is 0 Å². The van der Waals surface area contributed by atoms with E-state index in [-0.39, 0.29) is 11.7 Å². The lowest BCUT2D eigenvalue weighted by Gasteiger charge is -2.34. The van der Waals surface area contributed by atoms with Crippen LogP contribution in [0.5, 0.6) is 5.75 Å². The molecule has 2 unspecified atom stereocenters. The standard InChI is InChI=1S/C23H26N2O2/c26-20-10-8-19(9-11-20)21-17-22(21)23(27)25-15-13-24(14-16-25)12-4-7-18-5-2-1-3-6-18/h1-11,21-22,26H,12-17H2/b7-4+. The molecule has 1 saturated carbocycles. The third-order valence-corrected chi connectivity index (χ3v) is 5.59. The van der Waals surface area contributed by atoms with Crippen LogP contribution >= 0.6 is 0 Å². The van der Waals surface area contributed by atoms with Crippen LogP contribution in [0.25, 0.3) is 6.08 Å². The van der Waals surface area contributed by atoms with E-state index in [9.17, 15) is 9.90 Å². The highest BCUT2D eigenvalue weighted by Crippen LogP contribution is 2.48. The Morgan fingerprint density at radius 2 is 1.70 bits per heavy atom. The second kappa shape index (κ2) is 7.97. The van der Waals surface area contributed by atoms with Gasteiger partial charge in [0.2, 0.25) is 5.91 Å². The van der Waals surface area contributed by atoms with Gasteiger partial charge in [0.05, 0.1) is 0 Å². The van der Waals surface area contributed by atoms with E-state index in [1.807, 2.05) is 35.2 Å². The van der Waals surface area contributed by atoms with Gasteiger partial charge in [-0.15, -0.1) is 0 Å². The predicted molar refractivity (Wildman–Crippen MR) is 107 cm³/mol. The van der Waals surface area contributed by atoms with E-state index in [0.717, 1.165) is 44.7 Å². The topological polar surface area (TPSA) is 43.8 Å². The van der Waals surface area contributed by atoms with Crippen molar-refractivity contribution in [2.75, 3.05) is 32.7 Å². The SMILES string of the molecule is O=C(C1CC1c1ccc(O)cc1)N1CCN(C/C=C/c2ccccc2)CC1. The minimum atomic E-state index is 0.124. The highest BCUT2D eigenvalue weighted by molar-refractivity contribution is 5.83. The Kier molecular flexibility index (Phi) is 5.26. The lowest BCUT2D eigenvalue weighted by molar-refractivity contribution is -0.134. The molecule has 0 spiro atoms. The monoisotopic (exact) mass is 362 g/mol. The molecule has 0 radical (unpaired) electrons. The first-order valence-corrected chi connectivity index (χ1v) is 9.72. The van der Waals surface area contributed by atoms with Crippen molar-refractivity contribution in [3.8, 4) is 5.75 Å². The number of carbonyl (C=O) groups excluding carboxylic acids is 1. The molecule has 27 heavy (non-hydrogen) atoms. The highest BCUT2D eigenvalue weighted by atomic mass is 16.3. The van der Waals surface area contributed by atoms with Gasteiger partial charge in [0.25, 0.3) is 0 Å². The number of benzene rings is 2. The third kappa shape index (κ3) is 4.40. The fourth-order valence-corrected chi connectivity index (χ4v) is 3.85. The maximum Gasteiger partial charge on any atom is 0.226 e. The highest BCUT2D eigenvalue weighted by Gasteiger charge is 2.45. The lowest BCUT2D eigenvalue weighted by atomic mass is 10.1. The molecule has 2 fully saturated rings. The first-order chi connectivity index (χ1) is 13.2. The Bertz CT molecular complexity index is 793. The first kappa shape index (κ1) is 17.8. The van der Waals surface area contributed by atoms with Crippen molar-refractivity contribution in [1.29, 1.82) is 0 Å². The molecule has 1 heterocycles. The quantitative estimate of drug-likeness (QED) is 0.887. The van der Waals surface area contributed by atoms with Gasteiger partial charge in [-0.1, -0.05) is 54.6 Å². The van der Waals surface area contributed by atoms with Crippen LogP contribution in [0, 0.1) is 5.92 Å². The van der Waals surface area contributed by atoms with Gasteiger partial charge in [-0.05, 0) is 35.6 Å². The van der Waals surface area contributed by atoms with Gasteiger partial charge in [-0.3, -0.25) is 9.69 Å². The molecule has 2 aliphatic rings. The number of aromatic hydroxyl groups is 1. The summed E-state index contributed by atoms with van der Waals surface area (Å²) in [5.41, 5.74) is 2.39. The molecular formula is C23H26N2O2. The Morgan fingerprint density at radius 3 is 2.41 bits per heavy atom. The molecule has 1 amide bonds. The number of hydrogen-bond acceptors (Lipinski definition) is 3. The number of amides is 1. The van der Waals surface area contributed by atoms with Crippen molar-refractivity contribution < 1.29 is 9.90 Å². The second-order valence-electron chi connectivity index (χ2n) is 7.48. The molecule has 2 aromatic carbocycles. The Balaban J connectivity index is 1.23. The summed E-state index contributed by atoms with van der Waals surface area (Å²) in [5.74, 6) is 1.02. The van der Waals surface area contributed by atoms with Crippen LogP contribution in [0.1, 0.15) is 23.5 Å². The summed E-state index contributed by atoms with van der Waals surface area (Å²) in [5, 5.41) is 9.40. The number of hydrogen-bond donors (Lipinski definition) is 1. The molecule has 1 aliphatic heterocycles. The number of phenolic OH excluding ortho intramolecular Hbond substituents is 1. The fourth-order valence-electron chi connectivity index (χ4n) is 3.85. The van der Waals surface area contributed by atoms with Crippen LogP contribution in [0.3, 0.4) is 0 Å². The van der Waals surface area contributed by atoms with Crippen molar-refractivity contribution >= 4 is 12.0 Å². The zero-order valence-electron chi connectivity index (χ0n) is 15.5. The maximum absolute atomic E-state index is 12.8. The van der Waals surface area contributed by atoms with E-state index in [1.54, 1.807) is 12.1 Å². The van der Waals surface area contributed by atoms with E-state index in [2.05, 4.69) is 29.2 Å². The fraction of sp³-hybridized carbons (Fsp3) is 0.348. The summed E-state index contributed by atoms with van der Waals surface area (Å²) in [6, 6.07) is 17.6. The third-order valence-electron chi connectivity index (χ3n) is 5.59. The van der Waals surface area contributed by atoms with E-state index < -0.39 is 0 Å². The summed E-state index contributed by atoms with van der Waals surface area (Å²) in [6.45, 7) is 4.42. The minimum absolute atomic E-state index is 0.124. The molecule has 0 aromatic heterocycles. The largest absolute Gasteiger partial charge is 0.508 e. The molecular weight excluding hydrogens is 336 g/mol. The molecule has 0 bridgehead atoms. The molecule has 4 nitrogen and oxygen atoms in total. The summed E-state index contributed by atoms with van der Waals surface area (Å²) in [4.78, 5) is 17.2. The summed E-state index contributed by atoms with van der Waals surface area (Å²) in [7, 11) is 0. The first-order valence-electron chi connectivity index (χ1n) is 9.72. The second-order valence-corrected chi connectivity index (χ2v) is 7.48. The van der Waals surface area contributed by atoms with Crippen LogP contribution in [0.2, 0.25) is 0 Å². The maximum atomic E-state index is 12.8. The minimum Gasteiger partial charge on any atom is -0.508 e. The van der Waals surface area contributed by atoms with Crippen molar-refractivity contribution in [2.45, 2.75) is 12.3 Å². The smallest absolute Gasteiger partial charge is 0.226 e. The Labute approximate surface area is 160 Å². The van der Waals surface area contributed by atoms with E-state index in [1.165, 1.54) is 5.56 Å². The van der Waals surface area contributed by atoms with Gasteiger partial charge in [0.15, 0.2) is 0 Å². The average Bonchev–Trinajstić information content (AvgIpc) is 3.50. The molecule has 2 atom stereocenters. The Hall–Kier alpha value is -2.59. The molecule has 140 valence electrons. The summed E-state index contributed by atoms with van der Waals surface area (Å²) >= 11 is 0. The number of rotatable bonds is 5. The van der Waals surface area contributed by atoms with Crippen molar-refractivity contribution in [3.05, 3.63) is 71.8 Å². The van der Waals surface area contributed by atoms with Gasteiger partial charge in [0, 0.05) is 38.6 Å². The van der Waals surface area contributed by atoms with Crippen LogP contribution in [0.15, 0.2) is 60.7 Å². The number of phenols is 1. The molecule has 1 saturated heterocycles. The predicted octanol–water partition coefficient (Wildman–Crippen LogP) is 3.35. The van der Waals surface area contributed by atoms with Crippen LogP contribution in [-0.4, -0.2) is 53.5 Å². The zero-order valence-corrected chi connectivity index (χ0v) is 15.5. The molecule has 4 rings (SSSR count). The van der Waals surface area contributed by atoms with Crippen LogP contribution in [0.4, 0.5) is 0 Å². The number of carbonyl (C=O) groups is 1. The molecule has 1 aliphatic carbocycles. The van der Waals surface area contributed by atoms with Crippen molar-refractivity contribution in [2.24, 2.45) is 5.92 Å². The molecule has 4 heteroatoms. The van der Waals surface area contributed by atoms with Gasteiger partial charge in [-0.2, -0.15) is 0 Å². The number of nitrogens with zero attached hydrogens (tertiary/aromatic N) is 2. The molecule has 2 aromatic rings. The summed E-state index contributed by atoms with van der Waals surface area (Å²) in [6.07, 6.45) is 5.29. The van der Waals surface area contributed by atoms with E-state index >= 15 is 0 Å². The van der Waals surface area contributed by atoms with Crippen molar-refractivity contribution in [3.63, 3.8) is 0 Å². The summed E-state index contributed by atoms with van der Waals surface area (Å²) < 4.78 is 0. The number of piperazine rings is 1. The van der Waals surface area contributed by atoms with Gasteiger partial charge < -0.3 is 10.0 Å². The van der Waals surface area contributed by atoms with E-state index in [0.29, 0.717) is 11.8 Å². The normalized spacial score (nSPS) is 22.9. The van der Waals surface area contributed by atoms with Gasteiger partial charge in [-0.25, -0.2) is 0 Å². The van der Waals surface area contributed by atoms with Crippen LogP contribution < -0.4 is 0 Å². The Morgan fingerprint density at radius 1 is 1.00 bits per heavy atom. The molecule has 1 N–H and O–H groups in total. The van der Waals surface area contributed by atoms with Crippen LogP contribution in [-0.2, 0) is 4.79 Å². The van der Waals surface area contributed by atoms with Crippen molar-refractivity contribution in [1.82, 2.24) is 9.80 Å². The van der Waals surface area contributed by atoms with Gasteiger partial charge in [0.1, 0.15) is 5.75 Å². The zero-order chi connectivity index (χ0) is 18.6. The lowest BCUT2D eigenvalue weighted by Crippen LogP contribution is -2.49.